The van der Waals surface area contributed by atoms with E-state index in [1.54, 1.807) is 0 Å². The number of nitrogens with one attached hydrogen (secondary N) is 1. The van der Waals surface area contributed by atoms with E-state index in [2.05, 4.69) is 19.2 Å². The molecule has 73 heavy (non-hydrogen) atoms. The number of aliphatic hydroxyl groups excluding tert-OH is 10. The van der Waals surface area contributed by atoms with Gasteiger partial charge in [0.1, 0.15) is 67.1 Å². The van der Waals surface area contributed by atoms with Gasteiger partial charge in [0, 0.05) is 0 Å². The fourth-order valence-corrected chi connectivity index (χ4v) is 10.9. The molecule has 1 unspecified atom stereocenters. The number of phosphoric ester groups is 1. The molecule has 0 bridgehead atoms. The van der Waals surface area contributed by atoms with Gasteiger partial charge in [-0.1, -0.05) is 226 Å². The number of unbranched alkanes of at least 4 members (excludes halogenated alkanes) is 31. The van der Waals surface area contributed by atoms with Crippen LogP contribution >= 0.6 is 7.82 Å². The van der Waals surface area contributed by atoms with Crippen LogP contribution in [0.2, 0.25) is 0 Å². The van der Waals surface area contributed by atoms with Crippen LogP contribution in [-0.2, 0) is 27.9 Å². The minimum Gasteiger partial charge on any atom is -0.756 e. The van der Waals surface area contributed by atoms with Crippen molar-refractivity contribution < 1.29 is 83.8 Å². The summed E-state index contributed by atoms with van der Waals surface area (Å²) < 4.78 is 34.5. The van der Waals surface area contributed by atoms with E-state index in [1.165, 1.54) is 141 Å². The van der Waals surface area contributed by atoms with Crippen LogP contribution < -0.4 is 10.2 Å². The third-order valence-electron chi connectivity index (χ3n) is 14.9. The van der Waals surface area contributed by atoms with E-state index in [1.807, 2.05) is 0 Å². The molecule has 2 rings (SSSR count). The second-order valence-corrected chi connectivity index (χ2v) is 22.7. The lowest BCUT2D eigenvalue weighted by Crippen LogP contribution is -2.67. The third kappa shape index (κ3) is 28.5. The van der Waals surface area contributed by atoms with Crippen molar-refractivity contribution in [3.63, 3.8) is 0 Å². The lowest BCUT2D eigenvalue weighted by atomic mass is 9.84. The van der Waals surface area contributed by atoms with Gasteiger partial charge in [-0.05, 0) is 12.8 Å². The van der Waals surface area contributed by atoms with Gasteiger partial charge in [-0.15, -0.1) is 0 Å². The molecule has 2 fully saturated rings. The standard InChI is InChI=1S/C54H106NO17P/c1-3-5-7-9-11-13-15-17-18-19-20-21-22-23-25-27-29-31-33-35-37-42(58)53(66)55-40(41(57)36-34-32-30-28-26-24-16-14-12-10-8-6-4-2)39-69-73(67,68)72-52-49(64)47(62)46(61)48(63)51(52)71-54-50(65)45(60)44(59)43(38-56)70-54/h40-52,54,56-65H,3-39H2,1-2H3,(H,55,66)(H,67,68)/p-1/t40-,41+,42-,43+,44+,45-,46+,47+,48-,49+,50-,51+,52+,54-/m0/s1. The maximum atomic E-state index is 13.4. The molecule has 1 amide bonds. The van der Waals surface area contributed by atoms with E-state index in [0.717, 1.165) is 57.8 Å². The van der Waals surface area contributed by atoms with E-state index < -0.39 is 113 Å². The summed E-state index contributed by atoms with van der Waals surface area (Å²) in [5, 5.41) is 108. The van der Waals surface area contributed by atoms with Crippen LogP contribution in [0.4, 0.5) is 0 Å². The van der Waals surface area contributed by atoms with Crippen molar-refractivity contribution in [1.82, 2.24) is 5.32 Å². The van der Waals surface area contributed by atoms with Gasteiger partial charge >= 0.3 is 0 Å². The maximum Gasteiger partial charge on any atom is 0.268 e. The molecular weight excluding hydrogens is 966 g/mol. The molecule has 1 heterocycles. The van der Waals surface area contributed by atoms with Crippen molar-refractivity contribution in [1.29, 1.82) is 0 Å². The molecule has 0 aromatic carbocycles. The Hall–Kier alpha value is -0.900. The molecule has 0 radical (unpaired) electrons. The molecule has 11 N–H and O–H groups in total. The molecule has 2 aliphatic rings. The average Bonchev–Trinajstić information content (AvgIpc) is 3.37. The van der Waals surface area contributed by atoms with Crippen molar-refractivity contribution in [2.75, 3.05) is 13.2 Å². The monoisotopic (exact) mass is 1070 g/mol. The molecule has 1 aliphatic carbocycles. The molecular formula is C54H105NO17P-. The normalized spacial score (nSPS) is 27.7. The predicted molar refractivity (Wildman–Crippen MR) is 278 cm³/mol. The average molecular weight is 1070 g/mol. The number of aliphatic hydroxyl groups is 10. The minimum atomic E-state index is -5.64. The Labute approximate surface area is 439 Å². The Morgan fingerprint density at radius 2 is 0.877 bits per heavy atom. The molecule has 1 saturated carbocycles. The van der Waals surface area contributed by atoms with Gasteiger partial charge < -0.3 is 79.8 Å². The first kappa shape index (κ1) is 68.2. The fourth-order valence-electron chi connectivity index (χ4n) is 9.97. The summed E-state index contributed by atoms with van der Waals surface area (Å²) in [5.74, 6) is -0.826. The van der Waals surface area contributed by atoms with Crippen LogP contribution in [0.25, 0.3) is 0 Å². The van der Waals surface area contributed by atoms with Gasteiger partial charge in [0.05, 0.1) is 25.4 Å². The van der Waals surface area contributed by atoms with Gasteiger partial charge in [0.15, 0.2) is 6.29 Å². The molecule has 0 aromatic rings. The van der Waals surface area contributed by atoms with Crippen LogP contribution in [0.5, 0.6) is 0 Å². The largest absolute Gasteiger partial charge is 0.756 e. The Morgan fingerprint density at radius 3 is 1.27 bits per heavy atom. The molecule has 0 spiro atoms. The van der Waals surface area contributed by atoms with Gasteiger partial charge in [-0.2, -0.15) is 0 Å². The highest BCUT2D eigenvalue weighted by atomic mass is 31.2. The minimum absolute atomic E-state index is 0.155. The van der Waals surface area contributed by atoms with E-state index >= 15 is 0 Å². The smallest absolute Gasteiger partial charge is 0.268 e. The van der Waals surface area contributed by atoms with Crippen molar-refractivity contribution in [3.8, 4) is 0 Å². The zero-order valence-corrected chi connectivity index (χ0v) is 45.9. The van der Waals surface area contributed by atoms with Crippen LogP contribution in [-0.4, -0.2) is 156 Å². The summed E-state index contributed by atoms with van der Waals surface area (Å²) in [6.45, 7) is 2.73. The highest BCUT2D eigenvalue weighted by Crippen LogP contribution is 2.44. The van der Waals surface area contributed by atoms with Crippen molar-refractivity contribution >= 4 is 13.7 Å². The zero-order valence-electron chi connectivity index (χ0n) is 45.0. The second-order valence-electron chi connectivity index (χ2n) is 21.3. The molecule has 0 aromatic heterocycles. The summed E-state index contributed by atoms with van der Waals surface area (Å²) in [6, 6.07) is -1.35. The fraction of sp³-hybridized carbons (Fsp3) is 0.981. The van der Waals surface area contributed by atoms with Gasteiger partial charge in [0.25, 0.3) is 7.82 Å². The Morgan fingerprint density at radius 1 is 0.521 bits per heavy atom. The zero-order chi connectivity index (χ0) is 53.9. The van der Waals surface area contributed by atoms with Crippen molar-refractivity contribution in [3.05, 3.63) is 0 Å². The highest BCUT2D eigenvalue weighted by Gasteiger charge is 2.54. The number of ether oxygens (including phenoxy) is 2. The Bertz CT molecular complexity index is 1390. The first-order valence-electron chi connectivity index (χ1n) is 29.1. The molecule has 1 saturated heterocycles. The number of hydrogen-bond donors (Lipinski definition) is 11. The van der Waals surface area contributed by atoms with Crippen LogP contribution in [0.15, 0.2) is 0 Å². The number of hydrogen-bond acceptors (Lipinski definition) is 17. The van der Waals surface area contributed by atoms with Crippen LogP contribution in [0.1, 0.15) is 239 Å². The van der Waals surface area contributed by atoms with E-state index in [-0.39, 0.29) is 12.8 Å². The molecule has 434 valence electrons. The number of rotatable bonds is 46. The Kier molecular flexibility index (Phi) is 38.5. The summed E-state index contributed by atoms with van der Waals surface area (Å²) in [4.78, 5) is 26.7. The molecule has 1 aliphatic heterocycles. The number of phosphoric acid groups is 1. The van der Waals surface area contributed by atoms with E-state index in [4.69, 9.17) is 18.5 Å². The summed E-state index contributed by atoms with van der Waals surface area (Å²) in [6.07, 6.45) is 14.1. The number of carbonyl (C=O) groups excluding carboxylic acids is 1. The summed E-state index contributed by atoms with van der Waals surface area (Å²) in [7, 11) is -5.64. The lowest BCUT2D eigenvalue weighted by Gasteiger charge is -2.47. The molecule has 19 heteroatoms. The molecule has 18 nitrogen and oxygen atoms in total. The predicted octanol–water partition coefficient (Wildman–Crippen LogP) is 6.40. The van der Waals surface area contributed by atoms with Crippen molar-refractivity contribution in [2.45, 2.75) is 324 Å². The Balaban J connectivity index is 1.89. The summed E-state index contributed by atoms with van der Waals surface area (Å²) >= 11 is 0. The van der Waals surface area contributed by atoms with Crippen LogP contribution in [0.3, 0.4) is 0 Å². The number of amides is 1. The van der Waals surface area contributed by atoms with Crippen LogP contribution in [0, 0.1) is 0 Å². The summed E-state index contributed by atoms with van der Waals surface area (Å²) in [5.41, 5.74) is 0. The first-order valence-corrected chi connectivity index (χ1v) is 30.5. The number of carbonyl (C=O) groups is 1. The quantitative estimate of drug-likeness (QED) is 0.0232. The molecule has 15 atom stereocenters. The van der Waals surface area contributed by atoms with E-state index in [0.29, 0.717) is 12.8 Å². The van der Waals surface area contributed by atoms with E-state index in [9.17, 15) is 65.3 Å². The van der Waals surface area contributed by atoms with Gasteiger partial charge in [-0.25, -0.2) is 0 Å². The highest BCUT2D eigenvalue weighted by molar-refractivity contribution is 7.45. The topological polar surface area (TPSA) is 308 Å². The van der Waals surface area contributed by atoms with Crippen molar-refractivity contribution in [2.24, 2.45) is 0 Å². The SMILES string of the molecule is CCCCCCCCCCCCCCCCCCCCCC[C@H](O)C(=O)N[C@@H](COP(=O)([O-])O[C@@H]1[C@H](O)[C@H](O)[C@@H](O)[C@H](O)[C@H]1O[C@@H]1O[C@H](CO)[C@@H](O)[C@H](O)[C@@H]1O)[C@H](O)CCCCCCCCCCCCCCC. The van der Waals surface area contributed by atoms with Gasteiger partial charge in [-0.3, -0.25) is 9.36 Å². The first-order chi connectivity index (χ1) is 35.1. The lowest BCUT2D eigenvalue weighted by molar-refractivity contribution is -0.341. The van der Waals surface area contributed by atoms with Gasteiger partial charge in [0.2, 0.25) is 5.91 Å². The maximum absolute atomic E-state index is 13.4. The third-order valence-corrected chi connectivity index (χ3v) is 15.8. The second kappa shape index (κ2) is 41.2.